The Morgan fingerprint density at radius 3 is 2.65 bits per heavy atom. The predicted octanol–water partition coefficient (Wildman–Crippen LogP) is 4.61. The predicted molar refractivity (Wildman–Crippen MR) is 99.6 cm³/mol. The van der Waals surface area contributed by atoms with E-state index in [1.54, 1.807) is 12.1 Å². The first kappa shape index (κ1) is 18.1. The van der Waals surface area contributed by atoms with Gasteiger partial charge in [0.05, 0.1) is 0 Å². The van der Waals surface area contributed by atoms with Gasteiger partial charge in [0.15, 0.2) is 0 Å². The third kappa shape index (κ3) is 4.70. The molecule has 1 heterocycles. The summed E-state index contributed by atoms with van der Waals surface area (Å²) >= 11 is 1.48. The molecule has 1 amide bonds. The molecule has 0 aliphatic carbocycles. The molecule has 3 aromatic rings. The Balaban J connectivity index is 1.53. The second-order valence-corrected chi connectivity index (χ2v) is 7.00. The van der Waals surface area contributed by atoms with Gasteiger partial charge in [0.2, 0.25) is 11.8 Å². The number of carbonyl (C=O) groups is 1. The highest BCUT2D eigenvalue weighted by atomic mass is 32.2. The average molecular weight is 371 g/mol. The van der Waals surface area contributed by atoms with Gasteiger partial charge in [0, 0.05) is 22.6 Å². The third-order valence-electron chi connectivity index (χ3n) is 3.70. The zero-order valence-electron chi connectivity index (χ0n) is 14.5. The molecule has 0 bridgehead atoms. The van der Waals surface area contributed by atoms with Gasteiger partial charge >= 0.3 is 6.01 Å². The van der Waals surface area contributed by atoms with E-state index in [0.717, 1.165) is 21.6 Å². The first-order valence-corrected chi connectivity index (χ1v) is 9.09. The zero-order chi connectivity index (χ0) is 18.5. The molecule has 0 atom stereocenters. The van der Waals surface area contributed by atoms with Crippen LogP contribution >= 0.6 is 11.8 Å². The summed E-state index contributed by atoms with van der Waals surface area (Å²) < 4.78 is 18.4. The smallest absolute Gasteiger partial charge is 0.322 e. The summed E-state index contributed by atoms with van der Waals surface area (Å²) in [6, 6.07) is 12.2. The van der Waals surface area contributed by atoms with Gasteiger partial charge in [-0.15, -0.1) is 16.9 Å². The molecule has 0 unspecified atom stereocenters. The van der Waals surface area contributed by atoms with E-state index in [1.165, 1.54) is 23.9 Å². The molecule has 5 nitrogen and oxygen atoms in total. The standard InChI is InChI=1S/C19H18FN3O2S/c1-12-3-8-16(13(2)11-12)18-22-23-19(25-18)21-17(24)9-10-26-15-6-4-14(20)5-7-15/h3-8,11H,9-10H2,1-2H3,(H,21,23,24). The van der Waals surface area contributed by atoms with Crippen molar-refractivity contribution in [1.82, 2.24) is 10.2 Å². The van der Waals surface area contributed by atoms with Crippen LogP contribution in [0, 0.1) is 19.7 Å². The van der Waals surface area contributed by atoms with Gasteiger partial charge in [-0.3, -0.25) is 10.1 Å². The molecule has 3 rings (SSSR count). The molecule has 26 heavy (non-hydrogen) atoms. The van der Waals surface area contributed by atoms with Crippen LogP contribution in [0.3, 0.4) is 0 Å². The fourth-order valence-corrected chi connectivity index (χ4v) is 3.26. The lowest BCUT2D eigenvalue weighted by atomic mass is 10.1. The molecule has 0 saturated carbocycles. The van der Waals surface area contributed by atoms with E-state index in [1.807, 2.05) is 32.0 Å². The number of rotatable bonds is 6. The van der Waals surface area contributed by atoms with Crippen LogP contribution in [0.2, 0.25) is 0 Å². The Hall–Kier alpha value is -2.67. The van der Waals surface area contributed by atoms with Crippen molar-refractivity contribution in [2.45, 2.75) is 25.2 Å². The van der Waals surface area contributed by atoms with Gasteiger partial charge in [-0.05, 0) is 49.7 Å². The Morgan fingerprint density at radius 2 is 1.92 bits per heavy atom. The number of thioether (sulfide) groups is 1. The molecular formula is C19H18FN3O2S. The Bertz CT molecular complexity index is 909. The lowest BCUT2D eigenvalue weighted by Gasteiger charge is -2.03. The highest BCUT2D eigenvalue weighted by molar-refractivity contribution is 7.99. The maximum Gasteiger partial charge on any atom is 0.322 e. The van der Waals surface area contributed by atoms with Crippen molar-refractivity contribution in [1.29, 1.82) is 0 Å². The summed E-state index contributed by atoms with van der Waals surface area (Å²) in [5, 5.41) is 10.5. The Morgan fingerprint density at radius 1 is 1.15 bits per heavy atom. The minimum atomic E-state index is -0.275. The van der Waals surface area contributed by atoms with Gasteiger partial charge in [-0.2, -0.15) is 0 Å². The Kier molecular flexibility index (Phi) is 5.68. The quantitative estimate of drug-likeness (QED) is 0.641. The molecule has 134 valence electrons. The van der Waals surface area contributed by atoms with Crippen LogP contribution in [0.5, 0.6) is 0 Å². The van der Waals surface area contributed by atoms with Crippen LogP contribution in [0.25, 0.3) is 11.5 Å². The van der Waals surface area contributed by atoms with Crippen LogP contribution in [-0.2, 0) is 4.79 Å². The number of hydrogen-bond acceptors (Lipinski definition) is 5. The number of aryl methyl sites for hydroxylation is 2. The van der Waals surface area contributed by atoms with Crippen LogP contribution in [-0.4, -0.2) is 21.9 Å². The highest BCUT2D eigenvalue weighted by Crippen LogP contribution is 2.24. The SMILES string of the molecule is Cc1ccc(-c2nnc(NC(=O)CCSc3ccc(F)cc3)o2)c(C)c1. The minimum Gasteiger partial charge on any atom is -0.403 e. The molecule has 1 aromatic heterocycles. The van der Waals surface area contributed by atoms with Crippen LogP contribution in [0.4, 0.5) is 10.4 Å². The summed E-state index contributed by atoms with van der Waals surface area (Å²) in [6.45, 7) is 3.98. The van der Waals surface area contributed by atoms with E-state index >= 15 is 0 Å². The van der Waals surface area contributed by atoms with E-state index < -0.39 is 0 Å². The van der Waals surface area contributed by atoms with E-state index in [2.05, 4.69) is 15.5 Å². The van der Waals surface area contributed by atoms with Crippen molar-refractivity contribution in [2.75, 3.05) is 11.1 Å². The number of aromatic nitrogens is 2. The number of nitrogens with zero attached hydrogens (tertiary/aromatic N) is 2. The maximum absolute atomic E-state index is 12.9. The number of amides is 1. The summed E-state index contributed by atoms with van der Waals surface area (Å²) in [4.78, 5) is 12.9. The van der Waals surface area contributed by atoms with Crippen LogP contribution in [0.1, 0.15) is 17.5 Å². The molecular weight excluding hydrogens is 353 g/mol. The van der Waals surface area contributed by atoms with E-state index in [0.29, 0.717) is 11.6 Å². The largest absolute Gasteiger partial charge is 0.403 e. The first-order valence-electron chi connectivity index (χ1n) is 8.10. The van der Waals surface area contributed by atoms with Crippen molar-refractivity contribution in [3.05, 3.63) is 59.4 Å². The average Bonchev–Trinajstić information content (AvgIpc) is 3.04. The highest BCUT2D eigenvalue weighted by Gasteiger charge is 2.13. The van der Waals surface area contributed by atoms with Gasteiger partial charge in [-0.1, -0.05) is 22.8 Å². The topological polar surface area (TPSA) is 68.0 Å². The number of hydrogen-bond donors (Lipinski definition) is 1. The molecule has 0 spiro atoms. The minimum absolute atomic E-state index is 0.0803. The van der Waals surface area contributed by atoms with Crippen molar-refractivity contribution < 1.29 is 13.6 Å². The van der Waals surface area contributed by atoms with E-state index in [-0.39, 0.29) is 24.2 Å². The summed E-state index contributed by atoms with van der Waals surface area (Å²) in [7, 11) is 0. The second kappa shape index (κ2) is 8.14. The fourth-order valence-electron chi connectivity index (χ4n) is 2.41. The number of benzene rings is 2. The van der Waals surface area contributed by atoms with Crippen LogP contribution < -0.4 is 5.32 Å². The summed E-state index contributed by atoms with van der Waals surface area (Å²) in [5.41, 5.74) is 3.02. The van der Waals surface area contributed by atoms with Crippen molar-refractivity contribution in [2.24, 2.45) is 0 Å². The van der Waals surface area contributed by atoms with Gasteiger partial charge in [-0.25, -0.2) is 4.39 Å². The normalized spacial score (nSPS) is 10.7. The maximum atomic E-state index is 12.9. The third-order valence-corrected chi connectivity index (χ3v) is 4.71. The fraction of sp³-hybridized carbons (Fsp3) is 0.211. The molecule has 2 aromatic carbocycles. The van der Waals surface area contributed by atoms with E-state index in [4.69, 9.17) is 4.42 Å². The van der Waals surface area contributed by atoms with Crippen molar-refractivity contribution in [3.8, 4) is 11.5 Å². The van der Waals surface area contributed by atoms with Gasteiger partial charge in [0.1, 0.15) is 5.82 Å². The summed E-state index contributed by atoms with van der Waals surface area (Å²) in [6.07, 6.45) is 0.281. The molecule has 0 radical (unpaired) electrons. The number of nitrogens with one attached hydrogen (secondary N) is 1. The molecule has 0 fully saturated rings. The molecule has 7 heteroatoms. The summed E-state index contributed by atoms with van der Waals surface area (Å²) in [5.74, 6) is 0.451. The lowest BCUT2D eigenvalue weighted by Crippen LogP contribution is -2.12. The van der Waals surface area contributed by atoms with Crippen LogP contribution in [0.15, 0.2) is 51.8 Å². The first-order chi connectivity index (χ1) is 12.5. The number of carbonyl (C=O) groups excluding carboxylic acids is 1. The number of anilines is 1. The molecule has 0 aliphatic rings. The van der Waals surface area contributed by atoms with E-state index in [9.17, 15) is 9.18 Å². The van der Waals surface area contributed by atoms with Crippen molar-refractivity contribution >= 4 is 23.7 Å². The Labute approximate surface area is 155 Å². The lowest BCUT2D eigenvalue weighted by molar-refractivity contribution is -0.115. The number of halogens is 1. The molecule has 0 aliphatic heterocycles. The molecule has 1 N–H and O–H groups in total. The second-order valence-electron chi connectivity index (χ2n) is 5.83. The molecule has 0 saturated heterocycles. The van der Waals surface area contributed by atoms with Gasteiger partial charge in [0.25, 0.3) is 0 Å². The monoisotopic (exact) mass is 371 g/mol. The van der Waals surface area contributed by atoms with Crippen molar-refractivity contribution in [3.63, 3.8) is 0 Å². The zero-order valence-corrected chi connectivity index (χ0v) is 15.3. The van der Waals surface area contributed by atoms with Gasteiger partial charge < -0.3 is 4.42 Å².